The fourth-order valence-corrected chi connectivity index (χ4v) is 5.20. The van der Waals surface area contributed by atoms with Crippen LogP contribution in [0.25, 0.3) is 0 Å². The van der Waals surface area contributed by atoms with Crippen LogP contribution in [0, 0.1) is 0 Å². The monoisotopic (exact) mass is 440 g/mol. The molecule has 1 aliphatic heterocycles. The van der Waals surface area contributed by atoms with Gasteiger partial charge in [-0.25, -0.2) is 0 Å². The van der Waals surface area contributed by atoms with Crippen molar-refractivity contribution in [3.8, 4) is 11.5 Å². The Morgan fingerprint density at radius 2 is 1.97 bits per heavy atom. The highest BCUT2D eigenvalue weighted by Crippen LogP contribution is 2.42. The van der Waals surface area contributed by atoms with E-state index in [-0.39, 0.29) is 11.9 Å². The van der Waals surface area contributed by atoms with Crippen molar-refractivity contribution >= 4 is 17.2 Å². The molecule has 2 aromatic heterocycles. The van der Waals surface area contributed by atoms with E-state index in [1.54, 1.807) is 25.6 Å². The number of fused-ring (bicyclic) bond motifs is 1. The quantitative estimate of drug-likeness (QED) is 0.489. The van der Waals surface area contributed by atoms with Crippen molar-refractivity contribution in [2.45, 2.75) is 45.1 Å². The molecule has 0 aliphatic carbocycles. The minimum Gasteiger partial charge on any atom is -0.493 e. The second-order valence-corrected chi connectivity index (χ2v) is 8.68. The molecular formula is C24H28N2O4S. The lowest BCUT2D eigenvalue weighted by Crippen LogP contribution is -2.40. The van der Waals surface area contributed by atoms with E-state index in [0.717, 1.165) is 41.0 Å². The third-order valence-electron chi connectivity index (χ3n) is 6.09. The molecular weight excluding hydrogens is 412 g/mol. The Morgan fingerprint density at radius 3 is 2.61 bits per heavy atom. The summed E-state index contributed by atoms with van der Waals surface area (Å²) >= 11 is 1.64. The van der Waals surface area contributed by atoms with E-state index < -0.39 is 0 Å². The second kappa shape index (κ2) is 9.14. The van der Waals surface area contributed by atoms with Crippen LogP contribution in [-0.4, -0.2) is 36.7 Å². The summed E-state index contributed by atoms with van der Waals surface area (Å²) in [5.41, 5.74) is 3.07. The number of methoxy groups -OCH3 is 2. The normalized spacial score (nSPS) is 15.8. The van der Waals surface area contributed by atoms with Crippen LogP contribution in [0.1, 0.15) is 70.9 Å². The van der Waals surface area contributed by atoms with E-state index in [1.807, 2.05) is 34.5 Å². The zero-order chi connectivity index (χ0) is 22.0. The van der Waals surface area contributed by atoms with Crippen molar-refractivity contribution in [3.63, 3.8) is 0 Å². The number of benzene rings is 1. The van der Waals surface area contributed by atoms with E-state index in [4.69, 9.17) is 14.0 Å². The Kier molecular flexibility index (Phi) is 6.32. The molecule has 7 heteroatoms. The first-order chi connectivity index (χ1) is 15.1. The maximum absolute atomic E-state index is 13.5. The molecule has 0 spiro atoms. The largest absolute Gasteiger partial charge is 0.493 e. The summed E-state index contributed by atoms with van der Waals surface area (Å²) in [7, 11) is 3.27. The number of rotatable bonds is 7. The van der Waals surface area contributed by atoms with Gasteiger partial charge in [0.2, 0.25) is 5.76 Å². The van der Waals surface area contributed by atoms with Gasteiger partial charge in [-0.2, -0.15) is 0 Å². The summed E-state index contributed by atoms with van der Waals surface area (Å²) in [6, 6.07) is 9.70. The van der Waals surface area contributed by atoms with Gasteiger partial charge in [0.1, 0.15) is 0 Å². The molecule has 0 radical (unpaired) electrons. The number of aromatic nitrogens is 1. The van der Waals surface area contributed by atoms with E-state index >= 15 is 0 Å². The third kappa shape index (κ3) is 3.94. The molecule has 1 aliphatic rings. The van der Waals surface area contributed by atoms with Gasteiger partial charge in [-0.1, -0.05) is 25.1 Å². The van der Waals surface area contributed by atoms with Gasteiger partial charge in [-0.15, -0.1) is 11.3 Å². The van der Waals surface area contributed by atoms with Crippen LogP contribution in [0.15, 0.2) is 40.2 Å². The molecule has 1 aromatic carbocycles. The van der Waals surface area contributed by atoms with Crippen molar-refractivity contribution in [2.24, 2.45) is 0 Å². The van der Waals surface area contributed by atoms with Crippen LogP contribution in [-0.2, 0) is 6.42 Å². The zero-order valence-corrected chi connectivity index (χ0v) is 19.2. The van der Waals surface area contributed by atoms with Gasteiger partial charge in [-0.3, -0.25) is 4.79 Å². The smallest absolute Gasteiger partial charge is 0.293 e. The first-order valence-electron chi connectivity index (χ1n) is 10.7. The first-order valence-corrected chi connectivity index (χ1v) is 11.5. The third-order valence-corrected chi connectivity index (χ3v) is 7.02. The topological polar surface area (TPSA) is 64.8 Å². The lowest BCUT2D eigenvalue weighted by Gasteiger charge is -2.36. The molecule has 0 fully saturated rings. The molecule has 0 saturated heterocycles. The van der Waals surface area contributed by atoms with Gasteiger partial charge < -0.3 is 18.9 Å². The van der Waals surface area contributed by atoms with Gasteiger partial charge in [0.25, 0.3) is 5.91 Å². The minimum atomic E-state index is -0.210. The van der Waals surface area contributed by atoms with Gasteiger partial charge in [0.15, 0.2) is 11.5 Å². The summed E-state index contributed by atoms with van der Waals surface area (Å²) in [5, 5.41) is 6.23. The van der Waals surface area contributed by atoms with Gasteiger partial charge in [0.05, 0.1) is 26.0 Å². The molecule has 0 N–H and O–H groups in total. The van der Waals surface area contributed by atoms with E-state index in [9.17, 15) is 4.79 Å². The van der Waals surface area contributed by atoms with Crippen LogP contribution < -0.4 is 9.47 Å². The molecule has 4 rings (SSSR count). The number of nitrogens with zero attached hydrogens (tertiary/aromatic N) is 2. The Labute approximate surface area is 186 Å². The Bertz CT molecular complexity index is 1040. The maximum Gasteiger partial charge on any atom is 0.293 e. The fourth-order valence-electron chi connectivity index (χ4n) is 4.35. The molecule has 1 amide bonds. The predicted molar refractivity (Wildman–Crippen MR) is 120 cm³/mol. The highest BCUT2D eigenvalue weighted by Gasteiger charge is 2.36. The number of carbonyl (C=O) groups is 1. The number of amides is 1. The summed E-state index contributed by atoms with van der Waals surface area (Å²) in [4.78, 5) is 16.5. The standard InChI is InChI=1S/C24H28N2O4S/c1-5-15(6-2)18-14-21(30-25-18)24(27)26-10-9-16-12-19(28-3)20(29-4)13-17(16)23(26)22-8-7-11-31-22/h7-8,11-15,23H,5-6,9-10H2,1-4H3/t23-/m0/s1. The SMILES string of the molecule is CCC(CC)c1cc(C(=O)N2CCc3cc(OC)c(OC)cc3[C@H]2c2cccs2)on1. The lowest BCUT2D eigenvalue weighted by atomic mass is 9.90. The average Bonchev–Trinajstić information content (AvgIpc) is 3.50. The van der Waals surface area contributed by atoms with Crippen LogP contribution >= 0.6 is 11.3 Å². The van der Waals surface area contributed by atoms with E-state index in [1.165, 1.54) is 0 Å². The minimum absolute atomic E-state index is 0.136. The molecule has 6 nitrogen and oxygen atoms in total. The van der Waals surface area contributed by atoms with Crippen molar-refractivity contribution in [1.29, 1.82) is 0 Å². The average molecular weight is 441 g/mol. The highest BCUT2D eigenvalue weighted by atomic mass is 32.1. The zero-order valence-electron chi connectivity index (χ0n) is 18.4. The number of hydrogen-bond acceptors (Lipinski definition) is 6. The van der Waals surface area contributed by atoms with E-state index in [2.05, 4.69) is 25.1 Å². The molecule has 164 valence electrons. The Hall–Kier alpha value is -2.80. The van der Waals surface area contributed by atoms with Crippen LogP contribution in [0.2, 0.25) is 0 Å². The highest BCUT2D eigenvalue weighted by molar-refractivity contribution is 7.10. The number of carbonyl (C=O) groups excluding carboxylic acids is 1. The molecule has 1 atom stereocenters. The number of ether oxygens (including phenoxy) is 2. The van der Waals surface area contributed by atoms with Crippen LogP contribution in [0.4, 0.5) is 0 Å². The van der Waals surface area contributed by atoms with Gasteiger partial charge in [-0.05, 0) is 54.0 Å². The summed E-state index contributed by atoms with van der Waals surface area (Å²) in [6.07, 6.45) is 2.66. The van der Waals surface area contributed by atoms with E-state index in [0.29, 0.717) is 29.7 Å². The number of hydrogen-bond donors (Lipinski definition) is 0. The van der Waals surface area contributed by atoms with Crippen molar-refractivity contribution < 1.29 is 18.8 Å². The van der Waals surface area contributed by atoms with Crippen LogP contribution in [0.3, 0.4) is 0 Å². The van der Waals surface area contributed by atoms with Crippen molar-refractivity contribution in [2.75, 3.05) is 20.8 Å². The fraction of sp³-hybridized carbons (Fsp3) is 0.417. The van der Waals surface area contributed by atoms with Crippen molar-refractivity contribution in [3.05, 3.63) is 63.2 Å². The molecule has 0 bridgehead atoms. The molecule has 3 heterocycles. The van der Waals surface area contributed by atoms with Gasteiger partial charge in [0, 0.05) is 23.4 Å². The van der Waals surface area contributed by atoms with Gasteiger partial charge >= 0.3 is 0 Å². The molecule has 3 aromatic rings. The summed E-state index contributed by atoms with van der Waals surface area (Å²) in [5.74, 6) is 1.83. The molecule has 0 unspecified atom stereocenters. The molecule has 31 heavy (non-hydrogen) atoms. The Morgan fingerprint density at radius 1 is 1.23 bits per heavy atom. The predicted octanol–water partition coefficient (Wildman–Crippen LogP) is 5.44. The molecule has 0 saturated carbocycles. The second-order valence-electron chi connectivity index (χ2n) is 7.70. The summed E-state index contributed by atoms with van der Waals surface area (Å²) in [6.45, 7) is 4.84. The lowest BCUT2D eigenvalue weighted by molar-refractivity contribution is 0.0654. The van der Waals surface area contributed by atoms with Crippen LogP contribution in [0.5, 0.6) is 11.5 Å². The van der Waals surface area contributed by atoms with Crippen molar-refractivity contribution in [1.82, 2.24) is 10.1 Å². The first kappa shape index (κ1) is 21.4. The Balaban J connectivity index is 1.74. The number of thiophene rings is 1. The maximum atomic E-state index is 13.5. The summed E-state index contributed by atoms with van der Waals surface area (Å²) < 4.78 is 16.6.